The Morgan fingerprint density at radius 2 is 1.35 bits per heavy atom. The third-order valence-electron chi connectivity index (χ3n) is 3.52. The average Bonchev–Trinajstić information content (AvgIpc) is 2.43. The molecule has 0 bridgehead atoms. The first-order valence-corrected chi connectivity index (χ1v) is 8.22. The number of hydrogen-bond acceptors (Lipinski definition) is 2. The van der Waals surface area contributed by atoms with Crippen molar-refractivity contribution in [2.45, 2.75) is 64.2 Å². The molecule has 20 heavy (non-hydrogen) atoms. The van der Waals surface area contributed by atoms with Crippen LogP contribution in [0.15, 0.2) is 12.7 Å². The van der Waals surface area contributed by atoms with Gasteiger partial charge in [0.1, 0.15) is 0 Å². The van der Waals surface area contributed by atoms with Gasteiger partial charge in [0, 0.05) is 6.54 Å². The minimum absolute atomic E-state index is 0.0562. The summed E-state index contributed by atoms with van der Waals surface area (Å²) in [7, 11) is 4.28. The Hall–Kier alpha value is -0.830. The predicted molar refractivity (Wildman–Crippen MR) is 87.9 cm³/mol. The molecule has 0 spiro atoms. The van der Waals surface area contributed by atoms with Gasteiger partial charge >= 0.3 is 0 Å². The molecule has 0 fully saturated rings. The lowest BCUT2D eigenvalue weighted by Gasteiger charge is -2.08. The maximum absolute atomic E-state index is 10.9. The van der Waals surface area contributed by atoms with Crippen molar-refractivity contribution in [3.63, 3.8) is 0 Å². The van der Waals surface area contributed by atoms with E-state index in [1.54, 1.807) is 0 Å². The van der Waals surface area contributed by atoms with E-state index < -0.39 is 0 Å². The molecule has 0 aromatic carbocycles. The van der Waals surface area contributed by atoms with Crippen LogP contribution in [0.5, 0.6) is 0 Å². The van der Waals surface area contributed by atoms with Crippen molar-refractivity contribution in [2.75, 3.05) is 27.2 Å². The van der Waals surface area contributed by atoms with Crippen molar-refractivity contribution < 1.29 is 4.79 Å². The summed E-state index contributed by atoms with van der Waals surface area (Å²) in [5, 5.41) is 2.81. The van der Waals surface area contributed by atoms with Gasteiger partial charge in [0.05, 0.1) is 0 Å². The van der Waals surface area contributed by atoms with Crippen LogP contribution >= 0.6 is 0 Å². The van der Waals surface area contributed by atoms with Gasteiger partial charge in [-0.1, -0.05) is 57.9 Å². The van der Waals surface area contributed by atoms with Crippen LogP contribution in [0.3, 0.4) is 0 Å². The molecule has 0 saturated heterocycles. The van der Waals surface area contributed by atoms with Crippen molar-refractivity contribution in [1.82, 2.24) is 10.2 Å². The molecule has 0 aliphatic rings. The quantitative estimate of drug-likeness (QED) is 0.389. The van der Waals surface area contributed by atoms with Gasteiger partial charge in [-0.3, -0.25) is 4.79 Å². The van der Waals surface area contributed by atoms with Crippen molar-refractivity contribution in [3.05, 3.63) is 12.7 Å². The number of hydrogen-bond donors (Lipinski definition) is 1. The molecule has 1 amide bonds. The van der Waals surface area contributed by atoms with Crippen LogP contribution in [0.25, 0.3) is 0 Å². The van der Waals surface area contributed by atoms with Crippen LogP contribution in [0, 0.1) is 0 Å². The molecule has 0 rings (SSSR count). The van der Waals surface area contributed by atoms with Gasteiger partial charge in [-0.25, -0.2) is 0 Å². The lowest BCUT2D eigenvalue weighted by molar-refractivity contribution is -0.116. The zero-order chi connectivity index (χ0) is 15.1. The fraction of sp³-hybridized carbons (Fsp3) is 0.824. The normalized spacial score (nSPS) is 10.8. The van der Waals surface area contributed by atoms with Crippen LogP contribution in [0.1, 0.15) is 64.2 Å². The van der Waals surface area contributed by atoms with E-state index in [2.05, 4.69) is 30.9 Å². The number of nitrogens with one attached hydrogen (secondary N) is 1. The van der Waals surface area contributed by atoms with E-state index in [1.807, 2.05) is 0 Å². The highest BCUT2D eigenvalue weighted by Crippen LogP contribution is 2.10. The van der Waals surface area contributed by atoms with Crippen LogP contribution in [-0.2, 0) is 4.79 Å². The summed E-state index contributed by atoms with van der Waals surface area (Å²) in [5.74, 6) is -0.0562. The Kier molecular flexibility index (Phi) is 14.0. The molecule has 3 heteroatoms. The summed E-state index contributed by atoms with van der Waals surface area (Å²) in [4.78, 5) is 13.2. The summed E-state index contributed by atoms with van der Waals surface area (Å²) < 4.78 is 0. The molecule has 3 nitrogen and oxygen atoms in total. The third kappa shape index (κ3) is 15.2. The van der Waals surface area contributed by atoms with Gasteiger partial charge in [0.15, 0.2) is 0 Å². The van der Waals surface area contributed by atoms with Crippen molar-refractivity contribution in [3.8, 4) is 0 Å². The molecule has 118 valence electrons. The first-order chi connectivity index (χ1) is 9.66. The smallest absolute Gasteiger partial charge is 0.243 e. The molecule has 0 unspecified atom stereocenters. The van der Waals surface area contributed by atoms with Gasteiger partial charge in [-0.15, -0.1) is 0 Å². The first kappa shape index (κ1) is 19.2. The number of unbranched alkanes of at least 4 members (excludes halogenated alkanes) is 9. The van der Waals surface area contributed by atoms with Gasteiger partial charge in [-0.05, 0) is 39.6 Å². The summed E-state index contributed by atoms with van der Waals surface area (Å²) in [5.41, 5.74) is 0. The number of carbonyl (C=O) groups excluding carboxylic acids is 1. The molecular weight excluding hydrogens is 248 g/mol. The van der Waals surface area contributed by atoms with E-state index in [-0.39, 0.29) is 5.91 Å². The monoisotopic (exact) mass is 282 g/mol. The standard InChI is InChI=1S/C17H34N2O/c1-4-17(20)18-15-13-11-9-7-5-6-8-10-12-14-16-19(2)3/h4H,1,5-16H2,2-3H3,(H,18,20). The molecule has 0 radical (unpaired) electrons. The number of nitrogens with zero attached hydrogens (tertiary/aromatic N) is 1. The lowest BCUT2D eigenvalue weighted by Crippen LogP contribution is -2.21. The molecule has 0 aromatic heterocycles. The van der Waals surface area contributed by atoms with Crippen LogP contribution in [-0.4, -0.2) is 38.0 Å². The highest BCUT2D eigenvalue weighted by Gasteiger charge is 1.95. The molecule has 0 aliphatic carbocycles. The van der Waals surface area contributed by atoms with Crippen molar-refractivity contribution in [2.24, 2.45) is 0 Å². The maximum atomic E-state index is 10.9. The SMILES string of the molecule is C=CC(=O)NCCCCCCCCCCCCN(C)C. The Bertz CT molecular complexity index is 239. The molecule has 0 saturated carbocycles. The lowest BCUT2D eigenvalue weighted by atomic mass is 10.1. The fourth-order valence-electron chi connectivity index (χ4n) is 2.25. The fourth-order valence-corrected chi connectivity index (χ4v) is 2.25. The van der Waals surface area contributed by atoms with Crippen molar-refractivity contribution >= 4 is 5.91 Å². The Morgan fingerprint density at radius 1 is 0.900 bits per heavy atom. The number of amides is 1. The topological polar surface area (TPSA) is 32.3 Å². The van der Waals surface area contributed by atoms with E-state index in [1.165, 1.54) is 70.4 Å². The second kappa shape index (κ2) is 14.6. The van der Waals surface area contributed by atoms with E-state index in [0.29, 0.717) is 0 Å². The molecular formula is C17H34N2O. The summed E-state index contributed by atoms with van der Waals surface area (Å²) in [6, 6.07) is 0. The number of rotatable bonds is 14. The van der Waals surface area contributed by atoms with E-state index in [9.17, 15) is 4.79 Å². The van der Waals surface area contributed by atoms with Gasteiger partial charge in [-0.2, -0.15) is 0 Å². The van der Waals surface area contributed by atoms with E-state index in [4.69, 9.17) is 0 Å². The molecule has 0 heterocycles. The molecule has 0 aliphatic heterocycles. The molecule has 0 atom stereocenters. The van der Waals surface area contributed by atoms with Gasteiger partial charge in [0.2, 0.25) is 5.91 Å². The highest BCUT2D eigenvalue weighted by molar-refractivity contribution is 5.86. The zero-order valence-corrected chi connectivity index (χ0v) is 13.6. The Labute approximate surface area is 125 Å². The average molecular weight is 282 g/mol. The zero-order valence-electron chi connectivity index (χ0n) is 13.6. The molecule has 1 N–H and O–H groups in total. The predicted octanol–water partition coefficient (Wildman–Crippen LogP) is 3.75. The van der Waals surface area contributed by atoms with Gasteiger partial charge < -0.3 is 10.2 Å². The van der Waals surface area contributed by atoms with Crippen molar-refractivity contribution in [1.29, 1.82) is 0 Å². The van der Waals surface area contributed by atoms with E-state index in [0.717, 1.165) is 13.0 Å². The maximum Gasteiger partial charge on any atom is 0.243 e. The first-order valence-electron chi connectivity index (χ1n) is 8.22. The third-order valence-corrected chi connectivity index (χ3v) is 3.52. The summed E-state index contributed by atoms with van der Waals surface area (Å²) in [6.07, 6.45) is 14.5. The largest absolute Gasteiger partial charge is 0.353 e. The number of carbonyl (C=O) groups is 1. The minimum atomic E-state index is -0.0562. The molecule has 0 aromatic rings. The highest BCUT2D eigenvalue weighted by atomic mass is 16.1. The Balaban J connectivity index is 3.03. The second-order valence-corrected chi connectivity index (χ2v) is 5.83. The van der Waals surface area contributed by atoms with Gasteiger partial charge in [0.25, 0.3) is 0 Å². The van der Waals surface area contributed by atoms with Crippen LogP contribution in [0.4, 0.5) is 0 Å². The van der Waals surface area contributed by atoms with E-state index >= 15 is 0 Å². The summed E-state index contributed by atoms with van der Waals surface area (Å²) >= 11 is 0. The van der Waals surface area contributed by atoms with Crippen LogP contribution < -0.4 is 5.32 Å². The second-order valence-electron chi connectivity index (χ2n) is 5.83. The van der Waals surface area contributed by atoms with Crippen LogP contribution in [0.2, 0.25) is 0 Å². The minimum Gasteiger partial charge on any atom is -0.353 e. The summed E-state index contributed by atoms with van der Waals surface area (Å²) in [6.45, 7) is 5.44. The Morgan fingerprint density at radius 3 is 1.80 bits per heavy atom.